The van der Waals surface area contributed by atoms with Crippen LogP contribution in [0.4, 0.5) is 4.79 Å². The van der Waals surface area contributed by atoms with Gasteiger partial charge in [0.05, 0.1) is 13.2 Å². The van der Waals surface area contributed by atoms with Gasteiger partial charge in [0.2, 0.25) is 0 Å². The van der Waals surface area contributed by atoms with Crippen molar-refractivity contribution in [2.24, 2.45) is 0 Å². The van der Waals surface area contributed by atoms with Gasteiger partial charge in [0.15, 0.2) is 0 Å². The summed E-state index contributed by atoms with van der Waals surface area (Å²) in [5.41, 5.74) is 6.28. The van der Waals surface area contributed by atoms with Gasteiger partial charge in [-0.15, -0.1) is 0 Å². The van der Waals surface area contributed by atoms with Crippen LogP contribution in [0.2, 0.25) is 0 Å². The van der Waals surface area contributed by atoms with Crippen LogP contribution in [0, 0.1) is 11.8 Å². The number of benzene rings is 3. The second kappa shape index (κ2) is 8.64. The minimum atomic E-state index is -0.489. The largest absolute Gasteiger partial charge is 0.449 e. The first-order valence-electron chi connectivity index (χ1n) is 9.54. The summed E-state index contributed by atoms with van der Waals surface area (Å²) in [7, 11) is 0. The molecule has 4 nitrogen and oxygen atoms in total. The zero-order valence-corrected chi connectivity index (χ0v) is 15.9. The summed E-state index contributed by atoms with van der Waals surface area (Å²) in [5, 5.41) is 12.0. The number of aliphatic hydroxyl groups excluding tert-OH is 1. The Kier molecular flexibility index (Phi) is 5.60. The number of nitrogens with one attached hydrogen (secondary N) is 1. The molecule has 0 spiro atoms. The van der Waals surface area contributed by atoms with E-state index in [4.69, 9.17) is 4.74 Å². The van der Waals surface area contributed by atoms with Gasteiger partial charge < -0.3 is 15.2 Å². The first-order valence-corrected chi connectivity index (χ1v) is 9.54. The van der Waals surface area contributed by atoms with Gasteiger partial charge in [-0.25, -0.2) is 4.79 Å². The van der Waals surface area contributed by atoms with E-state index in [1.807, 2.05) is 48.5 Å². The zero-order valence-electron chi connectivity index (χ0n) is 15.9. The molecule has 144 valence electrons. The molecular formula is C25H21NO3. The lowest BCUT2D eigenvalue weighted by Crippen LogP contribution is -2.26. The number of hydrogen-bond donors (Lipinski definition) is 2. The SMILES string of the molecule is O=C(NCC#Cc1ccccc1CO)OCC1c2ccccc2-c2ccccc21. The number of aliphatic hydroxyl groups is 1. The number of hydrogen-bond acceptors (Lipinski definition) is 3. The molecule has 29 heavy (non-hydrogen) atoms. The van der Waals surface area contributed by atoms with Gasteiger partial charge in [-0.3, -0.25) is 0 Å². The molecule has 0 saturated heterocycles. The van der Waals surface area contributed by atoms with E-state index in [9.17, 15) is 9.90 Å². The van der Waals surface area contributed by atoms with Crippen molar-refractivity contribution in [3.8, 4) is 23.0 Å². The van der Waals surface area contributed by atoms with Crippen LogP contribution in [0.5, 0.6) is 0 Å². The van der Waals surface area contributed by atoms with Crippen molar-refractivity contribution in [2.45, 2.75) is 12.5 Å². The molecule has 1 aliphatic carbocycles. The molecule has 0 bridgehead atoms. The first-order chi connectivity index (χ1) is 14.3. The Morgan fingerprint density at radius 2 is 1.55 bits per heavy atom. The van der Waals surface area contributed by atoms with Crippen LogP contribution in [0.1, 0.15) is 28.2 Å². The van der Waals surface area contributed by atoms with E-state index in [2.05, 4.69) is 41.4 Å². The van der Waals surface area contributed by atoms with Crippen LogP contribution in [0.3, 0.4) is 0 Å². The lowest BCUT2D eigenvalue weighted by Gasteiger charge is -2.14. The summed E-state index contributed by atoms with van der Waals surface area (Å²) < 4.78 is 5.48. The van der Waals surface area contributed by atoms with Crippen molar-refractivity contribution in [3.05, 3.63) is 95.1 Å². The third kappa shape index (κ3) is 4.01. The Balaban J connectivity index is 1.36. The lowest BCUT2D eigenvalue weighted by molar-refractivity contribution is 0.144. The van der Waals surface area contributed by atoms with Crippen LogP contribution in [0.25, 0.3) is 11.1 Å². The Morgan fingerprint density at radius 3 is 2.24 bits per heavy atom. The Bertz CT molecular complexity index is 1050. The van der Waals surface area contributed by atoms with E-state index in [1.54, 1.807) is 0 Å². The summed E-state index contributed by atoms with van der Waals surface area (Å²) >= 11 is 0. The molecule has 0 fully saturated rings. The van der Waals surface area contributed by atoms with E-state index in [0.717, 1.165) is 11.1 Å². The number of ether oxygens (including phenoxy) is 1. The fraction of sp³-hybridized carbons (Fsp3) is 0.160. The minimum Gasteiger partial charge on any atom is -0.449 e. The van der Waals surface area contributed by atoms with Gasteiger partial charge in [0, 0.05) is 11.5 Å². The molecule has 0 radical (unpaired) electrons. The molecular weight excluding hydrogens is 362 g/mol. The van der Waals surface area contributed by atoms with Crippen molar-refractivity contribution in [1.82, 2.24) is 5.32 Å². The number of amides is 1. The summed E-state index contributed by atoms with van der Waals surface area (Å²) in [5.74, 6) is 5.89. The third-order valence-electron chi connectivity index (χ3n) is 5.08. The van der Waals surface area contributed by atoms with Crippen molar-refractivity contribution in [1.29, 1.82) is 0 Å². The maximum Gasteiger partial charge on any atom is 0.407 e. The second-order valence-corrected chi connectivity index (χ2v) is 6.80. The average molecular weight is 383 g/mol. The minimum absolute atomic E-state index is 0.0377. The van der Waals surface area contributed by atoms with Gasteiger partial charge in [-0.2, -0.15) is 0 Å². The lowest BCUT2D eigenvalue weighted by atomic mass is 9.98. The molecule has 0 aliphatic heterocycles. The van der Waals surface area contributed by atoms with Gasteiger partial charge in [0.25, 0.3) is 0 Å². The molecule has 4 rings (SSSR count). The van der Waals surface area contributed by atoms with Crippen LogP contribution < -0.4 is 5.32 Å². The Hall–Kier alpha value is -3.55. The Labute approximate surface area is 170 Å². The highest BCUT2D eigenvalue weighted by Crippen LogP contribution is 2.44. The van der Waals surface area contributed by atoms with Gasteiger partial charge in [-0.1, -0.05) is 78.6 Å². The predicted molar refractivity (Wildman–Crippen MR) is 112 cm³/mol. The predicted octanol–water partition coefficient (Wildman–Crippen LogP) is 4.07. The number of carbonyl (C=O) groups is 1. The van der Waals surface area contributed by atoms with E-state index in [0.29, 0.717) is 0 Å². The fourth-order valence-electron chi connectivity index (χ4n) is 3.69. The molecule has 0 atom stereocenters. The third-order valence-corrected chi connectivity index (χ3v) is 5.08. The second-order valence-electron chi connectivity index (χ2n) is 6.80. The quantitative estimate of drug-likeness (QED) is 0.668. The first kappa shape index (κ1) is 18.8. The molecule has 0 unspecified atom stereocenters. The topological polar surface area (TPSA) is 58.6 Å². The molecule has 3 aromatic carbocycles. The highest BCUT2D eigenvalue weighted by atomic mass is 16.5. The zero-order chi connectivity index (χ0) is 20.1. The number of carbonyl (C=O) groups excluding carboxylic acids is 1. The van der Waals surface area contributed by atoms with E-state index in [-0.39, 0.29) is 25.7 Å². The average Bonchev–Trinajstić information content (AvgIpc) is 3.09. The molecule has 0 heterocycles. The van der Waals surface area contributed by atoms with Crippen molar-refractivity contribution in [2.75, 3.05) is 13.2 Å². The van der Waals surface area contributed by atoms with Gasteiger partial charge in [-0.05, 0) is 33.9 Å². The normalized spacial score (nSPS) is 11.8. The van der Waals surface area contributed by atoms with Gasteiger partial charge in [0.1, 0.15) is 6.61 Å². The highest BCUT2D eigenvalue weighted by Gasteiger charge is 2.28. The number of fused-ring (bicyclic) bond motifs is 3. The van der Waals surface area contributed by atoms with Crippen LogP contribution >= 0.6 is 0 Å². The fourth-order valence-corrected chi connectivity index (χ4v) is 3.69. The maximum absolute atomic E-state index is 12.1. The molecule has 0 aromatic heterocycles. The van der Waals surface area contributed by atoms with Crippen LogP contribution in [-0.2, 0) is 11.3 Å². The highest BCUT2D eigenvalue weighted by molar-refractivity contribution is 5.79. The van der Waals surface area contributed by atoms with E-state index in [1.165, 1.54) is 22.3 Å². The molecule has 1 aliphatic rings. The van der Waals surface area contributed by atoms with Crippen LogP contribution in [0.15, 0.2) is 72.8 Å². The van der Waals surface area contributed by atoms with Gasteiger partial charge >= 0.3 is 6.09 Å². The smallest absolute Gasteiger partial charge is 0.407 e. The molecule has 1 amide bonds. The monoisotopic (exact) mass is 383 g/mol. The summed E-state index contributed by atoms with van der Waals surface area (Å²) in [4.78, 5) is 12.1. The molecule has 2 N–H and O–H groups in total. The Morgan fingerprint density at radius 1 is 0.931 bits per heavy atom. The van der Waals surface area contributed by atoms with Crippen molar-refractivity contribution >= 4 is 6.09 Å². The number of alkyl carbamates (subject to hydrolysis) is 1. The van der Waals surface area contributed by atoms with E-state index < -0.39 is 6.09 Å². The number of rotatable bonds is 4. The molecule has 3 aromatic rings. The standard InChI is InChI=1S/C25H21NO3/c27-16-19-9-2-1-8-18(19)10-7-15-26-25(28)29-17-24-22-13-5-3-11-20(22)21-12-4-6-14-23(21)24/h1-6,8-9,11-14,24,27H,15-17H2,(H,26,28). The van der Waals surface area contributed by atoms with Crippen LogP contribution in [-0.4, -0.2) is 24.4 Å². The molecule has 4 heteroatoms. The summed E-state index contributed by atoms with van der Waals surface area (Å²) in [6.45, 7) is 0.391. The van der Waals surface area contributed by atoms with Crippen molar-refractivity contribution < 1.29 is 14.6 Å². The maximum atomic E-state index is 12.1. The molecule has 0 saturated carbocycles. The van der Waals surface area contributed by atoms with E-state index >= 15 is 0 Å². The summed E-state index contributed by atoms with van der Waals surface area (Å²) in [6, 6.07) is 23.8. The summed E-state index contributed by atoms with van der Waals surface area (Å²) in [6.07, 6.45) is -0.489. The van der Waals surface area contributed by atoms with Crippen molar-refractivity contribution in [3.63, 3.8) is 0 Å².